The van der Waals surface area contributed by atoms with E-state index in [0.29, 0.717) is 37.0 Å². The van der Waals surface area contributed by atoms with Crippen LogP contribution in [0.2, 0.25) is 5.02 Å². The summed E-state index contributed by atoms with van der Waals surface area (Å²) in [6.45, 7) is 9.96. The fourth-order valence-electron chi connectivity index (χ4n) is 3.17. The quantitative estimate of drug-likeness (QED) is 0.823. The van der Waals surface area contributed by atoms with Gasteiger partial charge in [0.2, 0.25) is 11.8 Å². The highest BCUT2D eigenvalue weighted by Gasteiger charge is 2.26. The Bertz CT molecular complexity index is 665. The molecule has 0 radical (unpaired) electrons. The fourth-order valence-corrected chi connectivity index (χ4v) is 3.33. The van der Waals surface area contributed by atoms with Crippen LogP contribution in [0.15, 0.2) is 6.07 Å². The zero-order chi connectivity index (χ0) is 18.7. The predicted molar refractivity (Wildman–Crippen MR) is 99.2 cm³/mol. The lowest BCUT2D eigenvalue weighted by Gasteiger charge is -2.35. The second kappa shape index (κ2) is 8.09. The van der Waals surface area contributed by atoms with E-state index < -0.39 is 0 Å². The summed E-state index contributed by atoms with van der Waals surface area (Å²) in [4.78, 5) is 28.4. The van der Waals surface area contributed by atoms with Gasteiger partial charge in [0.15, 0.2) is 0 Å². The van der Waals surface area contributed by atoms with Crippen molar-refractivity contribution in [3.63, 3.8) is 0 Å². The van der Waals surface area contributed by atoms with E-state index in [0.717, 1.165) is 16.7 Å². The predicted octanol–water partition coefficient (Wildman–Crippen LogP) is 2.83. The Morgan fingerprint density at radius 1 is 1.16 bits per heavy atom. The average Bonchev–Trinajstić information content (AvgIpc) is 2.61. The first kappa shape index (κ1) is 19.6. The van der Waals surface area contributed by atoms with Gasteiger partial charge in [-0.05, 0) is 31.0 Å². The van der Waals surface area contributed by atoms with Gasteiger partial charge in [-0.15, -0.1) is 0 Å². The fraction of sp³-hybridized carbons (Fsp3) is 0.579. The van der Waals surface area contributed by atoms with Gasteiger partial charge in [-0.1, -0.05) is 25.4 Å². The van der Waals surface area contributed by atoms with Gasteiger partial charge in [0, 0.05) is 42.7 Å². The first-order valence-electron chi connectivity index (χ1n) is 8.65. The maximum Gasteiger partial charge on any atom is 0.227 e. The van der Waals surface area contributed by atoms with Crippen LogP contribution in [-0.2, 0) is 16.0 Å². The summed E-state index contributed by atoms with van der Waals surface area (Å²) in [7, 11) is 1.60. The molecule has 1 heterocycles. The molecule has 0 N–H and O–H groups in total. The minimum absolute atomic E-state index is 0.0103. The minimum Gasteiger partial charge on any atom is -0.496 e. The van der Waals surface area contributed by atoms with E-state index >= 15 is 0 Å². The standard InChI is InChI=1S/C19H27ClN2O3/c1-12(2)19(24)22-8-6-21(7-9-22)17(23)11-15-14(4)18(20)13(3)10-16(15)25-5/h10,12H,6-9,11H2,1-5H3. The molecule has 138 valence electrons. The number of amides is 2. The molecule has 6 heteroatoms. The molecule has 1 fully saturated rings. The van der Waals surface area contributed by atoms with E-state index in [9.17, 15) is 9.59 Å². The number of hydrogen-bond donors (Lipinski definition) is 0. The second-order valence-electron chi connectivity index (χ2n) is 6.85. The molecule has 1 aromatic rings. The van der Waals surface area contributed by atoms with Gasteiger partial charge >= 0.3 is 0 Å². The molecule has 0 spiro atoms. The van der Waals surface area contributed by atoms with Crippen LogP contribution in [0, 0.1) is 19.8 Å². The molecular formula is C19H27ClN2O3. The van der Waals surface area contributed by atoms with Gasteiger partial charge in [0.05, 0.1) is 13.5 Å². The molecule has 1 saturated heterocycles. The van der Waals surface area contributed by atoms with Crippen LogP contribution in [0.25, 0.3) is 0 Å². The summed E-state index contributed by atoms with van der Waals surface area (Å²) in [6, 6.07) is 1.87. The van der Waals surface area contributed by atoms with E-state index in [1.807, 2.05) is 43.6 Å². The summed E-state index contributed by atoms with van der Waals surface area (Å²) in [5, 5.41) is 0.677. The number of aryl methyl sites for hydroxylation is 1. The largest absolute Gasteiger partial charge is 0.496 e. The van der Waals surface area contributed by atoms with Crippen molar-refractivity contribution in [2.75, 3.05) is 33.3 Å². The Morgan fingerprint density at radius 3 is 2.24 bits per heavy atom. The molecule has 5 nitrogen and oxygen atoms in total. The first-order chi connectivity index (χ1) is 11.8. The van der Waals surface area contributed by atoms with Crippen molar-refractivity contribution in [2.24, 2.45) is 5.92 Å². The Labute approximate surface area is 154 Å². The second-order valence-corrected chi connectivity index (χ2v) is 7.23. The molecule has 1 aliphatic heterocycles. The molecule has 1 aliphatic rings. The van der Waals surface area contributed by atoms with Crippen molar-refractivity contribution in [1.82, 2.24) is 9.80 Å². The minimum atomic E-state index is -0.0103. The molecule has 0 aromatic heterocycles. The Balaban J connectivity index is 2.07. The third-order valence-corrected chi connectivity index (χ3v) is 5.34. The van der Waals surface area contributed by atoms with Crippen LogP contribution in [0.1, 0.15) is 30.5 Å². The lowest BCUT2D eigenvalue weighted by Crippen LogP contribution is -2.51. The van der Waals surface area contributed by atoms with Crippen molar-refractivity contribution < 1.29 is 14.3 Å². The number of carbonyl (C=O) groups excluding carboxylic acids is 2. The Hall–Kier alpha value is -1.75. The average molecular weight is 367 g/mol. The maximum atomic E-state index is 12.7. The molecule has 0 unspecified atom stereocenters. The highest BCUT2D eigenvalue weighted by molar-refractivity contribution is 6.32. The molecule has 25 heavy (non-hydrogen) atoms. The van der Waals surface area contributed by atoms with Gasteiger partial charge in [-0.25, -0.2) is 0 Å². The Morgan fingerprint density at radius 2 is 1.72 bits per heavy atom. The first-order valence-corrected chi connectivity index (χ1v) is 9.03. The number of hydrogen-bond acceptors (Lipinski definition) is 3. The molecule has 0 bridgehead atoms. The number of halogens is 1. The van der Waals surface area contributed by atoms with Gasteiger partial charge in [-0.3, -0.25) is 9.59 Å². The molecule has 1 aromatic carbocycles. The van der Waals surface area contributed by atoms with Crippen LogP contribution in [0.3, 0.4) is 0 Å². The zero-order valence-electron chi connectivity index (χ0n) is 15.7. The number of piperazine rings is 1. The normalized spacial score (nSPS) is 14.8. The molecule has 0 saturated carbocycles. The van der Waals surface area contributed by atoms with E-state index in [1.165, 1.54) is 0 Å². The number of nitrogens with zero attached hydrogens (tertiary/aromatic N) is 2. The summed E-state index contributed by atoms with van der Waals surface area (Å²) in [5.74, 6) is 0.873. The zero-order valence-corrected chi connectivity index (χ0v) is 16.4. The number of rotatable bonds is 4. The van der Waals surface area contributed by atoms with E-state index in [4.69, 9.17) is 16.3 Å². The molecular weight excluding hydrogens is 340 g/mol. The van der Waals surface area contributed by atoms with Crippen molar-refractivity contribution in [2.45, 2.75) is 34.1 Å². The Kier molecular flexibility index (Phi) is 6.33. The van der Waals surface area contributed by atoms with Crippen molar-refractivity contribution in [1.29, 1.82) is 0 Å². The number of methoxy groups -OCH3 is 1. The molecule has 0 atom stereocenters. The summed E-state index contributed by atoms with van der Waals surface area (Å²) < 4.78 is 5.44. The van der Waals surface area contributed by atoms with Crippen molar-refractivity contribution in [3.05, 3.63) is 27.8 Å². The highest BCUT2D eigenvalue weighted by Crippen LogP contribution is 2.32. The van der Waals surface area contributed by atoms with Crippen molar-refractivity contribution in [3.8, 4) is 5.75 Å². The van der Waals surface area contributed by atoms with Crippen LogP contribution in [0.5, 0.6) is 5.75 Å². The maximum absolute atomic E-state index is 12.7. The number of benzene rings is 1. The van der Waals surface area contributed by atoms with Crippen LogP contribution >= 0.6 is 11.6 Å². The van der Waals surface area contributed by atoms with Crippen molar-refractivity contribution >= 4 is 23.4 Å². The van der Waals surface area contributed by atoms with Gasteiger partial charge in [0.25, 0.3) is 0 Å². The number of carbonyl (C=O) groups is 2. The van der Waals surface area contributed by atoms with Crippen LogP contribution in [-0.4, -0.2) is 54.9 Å². The number of ether oxygens (including phenoxy) is 1. The van der Waals surface area contributed by atoms with Gasteiger partial charge in [0.1, 0.15) is 5.75 Å². The molecule has 2 rings (SSSR count). The highest BCUT2D eigenvalue weighted by atomic mass is 35.5. The van der Waals surface area contributed by atoms with Crippen LogP contribution < -0.4 is 4.74 Å². The smallest absolute Gasteiger partial charge is 0.227 e. The monoisotopic (exact) mass is 366 g/mol. The lowest BCUT2D eigenvalue weighted by molar-refractivity contribution is -0.141. The van der Waals surface area contributed by atoms with E-state index in [2.05, 4.69) is 0 Å². The topological polar surface area (TPSA) is 49.9 Å². The lowest BCUT2D eigenvalue weighted by atomic mass is 10.0. The third-order valence-electron chi connectivity index (χ3n) is 4.76. The van der Waals surface area contributed by atoms with Gasteiger partial charge in [-0.2, -0.15) is 0 Å². The van der Waals surface area contributed by atoms with E-state index in [1.54, 1.807) is 7.11 Å². The van der Waals surface area contributed by atoms with Gasteiger partial charge < -0.3 is 14.5 Å². The third kappa shape index (κ3) is 4.27. The SMILES string of the molecule is COc1cc(C)c(Cl)c(C)c1CC(=O)N1CCN(C(=O)C(C)C)CC1. The summed E-state index contributed by atoms with van der Waals surface area (Å²) >= 11 is 6.34. The summed E-state index contributed by atoms with van der Waals surface area (Å²) in [6.07, 6.45) is 0.257. The molecule has 2 amide bonds. The molecule has 0 aliphatic carbocycles. The van der Waals surface area contributed by atoms with Crippen LogP contribution in [0.4, 0.5) is 0 Å². The summed E-state index contributed by atoms with van der Waals surface area (Å²) in [5.41, 5.74) is 2.66. The van der Waals surface area contributed by atoms with E-state index in [-0.39, 0.29) is 24.2 Å².